The monoisotopic (exact) mass is 628 g/mol. The summed E-state index contributed by atoms with van der Waals surface area (Å²) in [5, 5.41) is 0. The lowest BCUT2D eigenvalue weighted by molar-refractivity contribution is -0.141. The number of aryl methyl sites for hydroxylation is 1. The van der Waals surface area contributed by atoms with Crippen molar-refractivity contribution < 1.29 is 42.5 Å². The molecule has 3 aromatic carbocycles. The molecule has 0 atom stereocenters. The summed E-state index contributed by atoms with van der Waals surface area (Å²) in [6.07, 6.45) is 3.54. The number of rotatable bonds is 16. The highest BCUT2D eigenvalue weighted by Crippen LogP contribution is 2.21. The molecule has 0 unspecified atom stereocenters. The van der Waals surface area contributed by atoms with Crippen LogP contribution in [0.1, 0.15) is 59.7 Å². The van der Waals surface area contributed by atoms with Crippen molar-refractivity contribution in [2.45, 2.75) is 39.5 Å². The Labute approximate surface area is 268 Å². The van der Waals surface area contributed by atoms with Gasteiger partial charge in [0, 0.05) is 16.7 Å². The average Bonchev–Trinajstić information content (AvgIpc) is 3.04. The maximum atomic E-state index is 12.7. The first-order valence-corrected chi connectivity index (χ1v) is 14.8. The van der Waals surface area contributed by atoms with Crippen LogP contribution in [-0.4, -0.2) is 44.3 Å². The van der Waals surface area contributed by atoms with Crippen molar-refractivity contribution in [3.05, 3.63) is 114 Å². The third-order valence-electron chi connectivity index (χ3n) is 6.37. The van der Waals surface area contributed by atoms with E-state index in [-0.39, 0.29) is 19.2 Å². The molecule has 9 heteroatoms. The van der Waals surface area contributed by atoms with Gasteiger partial charge in [-0.15, -0.1) is 0 Å². The van der Waals surface area contributed by atoms with Crippen LogP contribution in [0.15, 0.2) is 91.3 Å². The summed E-state index contributed by atoms with van der Waals surface area (Å²) in [4.78, 5) is 35.1. The van der Waals surface area contributed by atoms with Gasteiger partial charge in [-0.25, -0.2) is 14.4 Å². The normalized spacial score (nSPS) is 10.2. The highest BCUT2D eigenvalue weighted by atomic mass is 19.1. The molecular formula is C37H37FO8. The van der Waals surface area contributed by atoms with Gasteiger partial charge in [0.1, 0.15) is 30.5 Å². The van der Waals surface area contributed by atoms with Crippen LogP contribution in [0.25, 0.3) is 0 Å². The lowest BCUT2D eigenvalue weighted by Gasteiger charge is -2.09. The molecule has 0 saturated carbocycles. The van der Waals surface area contributed by atoms with Crippen LogP contribution in [0, 0.1) is 18.8 Å². The number of ether oxygens (including phenoxy) is 5. The van der Waals surface area contributed by atoms with Gasteiger partial charge in [-0.3, -0.25) is 0 Å². The number of hydrogen-bond acceptors (Lipinski definition) is 8. The molecule has 3 aromatic rings. The Morgan fingerprint density at radius 1 is 0.696 bits per heavy atom. The van der Waals surface area contributed by atoms with E-state index in [0.717, 1.165) is 42.4 Å². The van der Waals surface area contributed by atoms with E-state index in [1.54, 1.807) is 67.6 Å². The van der Waals surface area contributed by atoms with Crippen molar-refractivity contribution in [1.29, 1.82) is 0 Å². The Morgan fingerprint density at radius 3 is 1.89 bits per heavy atom. The minimum atomic E-state index is -1.15. The summed E-state index contributed by atoms with van der Waals surface area (Å²) in [6, 6.07) is 19.1. The Hall–Kier alpha value is -5.36. The molecule has 0 saturated heterocycles. The summed E-state index contributed by atoms with van der Waals surface area (Å²) in [5.41, 5.74) is 3.07. The minimum absolute atomic E-state index is 0.0705. The van der Waals surface area contributed by atoms with E-state index in [9.17, 15) is 18.8 Å². The molecule has 0 spiro atoms. The number of carbonyl (C=O) groups is 3. The summed E-state index contributed by atoms with van der Waals surface area (Å²) in [6.45, 7) is 10.8. The van der Waals surface area contributed by atoms with Gasteiger partial charge in [-0.05, 0) is 112 Å². The van der Waals surface area contributed by atoms with Crippen LogP contribution in [0.2, 0.25) is 0 Å². The molecule has 0 N–H and O–H groups in total. The zero-order chi connectivity index (χ0) is 33.3. The second-order valence-electron chi connectivity index (χ2n) is 10.2. The van der Waals surface area contributed by atoms with Crippen molar-refractivity contribution in [1.82, 2.24) is 0 Å². The van der Waals surface area contributed by atoms with E-state index in [2.05, 4.69) is 29.7 Å². The van der Waals surface area contributed by atoms with Gasteiger partial charge in [-0.2, -0.15) is 4.39 Å². The van der Waals surface area contributed by atoms with Crippen LogP contribution in [0.3, 0.4) is 0 Å². The molecule has 0 aliphatic carbocycles. The molecule has 0 aliphatic rings. The first-order chi connectivity index (χ1) is 22.1. The molecule has 0 heterocycles. The fourth-order valence-corrected chi connectivity index (χ4v) is 3.87. The first-order valence-electron chi connectivity index (χ1n) is 14.8. The van der Waals surface area contributed by atoms with E-state index in [1.165, 1.54) is 0 Å². The van der Waals surface area contributed by atoms with Gasteiger partial charge in [0.2, 0.25) is 5.83 Å². The zero-order valence-electron chi connectivity index (χ0n) is 26.1. The molecule has 0 fully saturated rings. The fourth-order valence-electron chi connectivity index (χ4n) is 3.87. The molecular weight excluding hydrogens is 591 g/mol. The second-order valence-corrected chi connectivity index (χ2v) is 10.2. The molecule has 240 valence electrons. The van der Waals surface area contributed by atoms with Crippen LogP contribution >= 0.6 is 0 Å². The minimum Gasteiger partial charge on any atom is -0.494 e. The number of carbonyl (C=O) groups excluding carboxylic acids is 3. The van der Waals surface area contributed by atoms with Gasteiger partial charge >= 0.3 is 17.9 Å². The lowest BCUT2D eigenvalue weighted by atomic mass is 10.1. The Kier molecular flexibility index (Phi) is 14.1. The molecule has 0 amide bonds. The van der Waals surface area contributed by atoms with Crippen molar-refractivity contribution in [2.24, 2.45) is 0 Å². The topological polar surface area (TPSA) is 97.4 Å². The molecule has 0 aliphatic heterocycles. The fraction of sp³-hybridized carbons (Fsp3) is 0.270. The molecule has 8 nitrogen and oxygen atoms in total. The third kappa shape index (κ3) is 12.3. The third-order valence-corrected chi connectivity index (χ3v) is 6.37. The quantitative estimate of drug-likeness (QED) is 0.0546. The number of esters is 3. The molecule has 3 rings (SSSR count). The Balaban J connectivity index is 1.40. The largest absolute Gasteiger partial charge is 0.494 e. The van der Waals surface area contributed by atoms with Crippen LogP contribution in [0.4, 0.5) is 4.39 Å². The summed E-state index contributed by atoms with van der Waals surface area (Å²) >= 11 is 0. The number of unbranched alkanes of at least 4 members (excludes halogenated alkanes) is 3. The first kappa shape index (κ1) is 35.1. The predicted molar refractivity (Wildman–Crippen MR) is 171 cm³/mol. The van der Waals surface area contributed by atoms with Crippen LogP contribution < -0.4 is 14.2 Å². The van der Waals surface area contributed by atoms with E-state index in [4.69, 9.17) is 18.9 Å². The van der Waals surface area contributed by atoms with E-state index < -0.39 is 17.8 Å². The second kappa shape index (κ2) is 18.4. The number of halogens is 1. The van der Waals surface area contributed by atoms with Crippen LogP contribution in [0.5, 0.6) is 17.2 Å². The van der Waals surface area contributed by atoms with Gasteiger partial charge in [0.05, 0.1) is 18.8 Å². The predicted octanol–water partition coefficient (Wildman–Crippen LogP) is 7.08. The van der Waals surface area contributed by atoms with E-state index in [0.29, 0.717) is 41.6 Å². The Morgan fingerprint density at radius 2 is 1.26 bits per heavy atom. The van der Waals surface area contributed by atoms with Crippen molar-refractivity contribution in [3.63, 3.8) is 0 Å². The summed E-state index contributed by atoms with van der Waals surface area (Å²) < 4.78 is 39.1. The smallest absolute Gasteiger partial charge is 0.366 e. The van der Waals surface area contributed by atoms with Gasteiger partial charge in [-0.1, -0.05) is 25.0 Å². The van der Waals surface area contributed by atoms with Crippen molar-refractivity contribution in [2.75, 3.05) is 26.4 Å². The molecule has 0 aromatic heterocycles. The SMILES string of the molecule is C=C(C)C(=O)OCCCCCCOc1ccc(C(=O)Oc2ccc(C#Cc3ccc(OCCOC(=O)C(=C)F)cc3)cc2C)cc1. The molecule has 0 bridgehead atoms. The lowest BCUT2D eigenvalue weighted by Crippen LogP contribution is -2.12. The average molecular weight is 629 g/mol. The Bertz CT molecular complexity index is 1580. The van der Waals surface area contributed by atoms with Crippen molar-refractivity contribution >= 4 is 17.9 Å². The highest BCUT2D eigenvalue weighted by molar-refractivity contribution is 5.91. The van der Waals surface area contributed by atoms with Crippen LogP contribution in [-0.2, 0) is 19.1 Å². The maximum absolute atomic E-state index is 12.7. The number of benzene rings is 3. The zero-order valence-corrected chi connectivity index (χ0v) is 26.1. The molecule has 46 heavy (non-hydrogen) atoms. The van der Waals surface area contributed by atoms with Gasteiger partial charge in [0.15, 0.2) is 0 Å². The van der Waals surface area contributed by atoms with E-state index in [1.807, 2.05) is 13.0 Å². The summed E-state index contributed by atoms with van der Waals surface area (Å²) in [5.74, 6) is 4.72. The van der Waals surface area contributed by atoms with E-state index >= 15 is 0 Å². The van der Waals surface area contributed by atoms with Crippen molar-refractivity contribution in [3.8, 4) is 29.1 Å². The molecule has 0 radical (unpaired) electrons. The summed E-state index contributed by atoms with van der Waals surface area (Å²) in [7, 11) is 0. The van der Waals surface area contributed by atoms with Gasteiger partial charge < -0.3 is 23.7 Å². The van der Waals surface area contributed by atoms with Gasteiger partial charge in [0.25, 0.3) is 0 Å². The highest BCUT2D eigenvalue weighted by Gasteiger charge is 2.11. The number of hydrogen-bond donors (Lipinski definition) is 0. The maximum Gasteiger partial charge on any atom is 0.366 e. The standard InChI is InChI=1S/C37H37FO8/c1-26(2)35(39)44-22-8-6-5-7-21-42-33-18-14-31(15-19-33)37(41)46-34-20-13-30(25-27(34)3)10-9-29-11-16-32(17-12-29)43-23-24-45-36(40)28(4)38/h11-20,25H,1,4-8,21-24H2,2-3H3.